The zero-order chi connectivity index (χ0) is 10.7. The zero-order valence-electron chi connectivity index (χ0n) is 8.90. The Hall–Kier alpha value is -1.19. The number of aromatic nitrogens is 1. The lowest BCUT2D eigenvalue weighted by Crippen LogP contribution is -2.17. The Morgan fingerprint density at radius 2 is 2.27 bits per heavy atom. The Morgan fingerprint density at radius 1 is 1.40 bits per heavy atom. The maximum Gasteiger partial charge on any atom is 0.114 e. The van der Waals surface area contributed by atoms with Gasteiger partial charge in [-0.15, -0.1) is 11.3 Å². The fourth-order valence-corrected chi connectivity index (χ4v) is 2.43. The van der Waals surface area contributed by atoms with Gasteiger partial charge in [-0.25, -0.2) is 4.98 Å². The van der Waals surface area contributed by atoms with Gasteiger partial charge in [0.1, 0.15) is 5.01 Å². The molecule has 0 radical (unpaired) electrons. The predicted molar refractivity (Wildman–Crippen MR) is 64.2 cm³/mol. The first-order valence-electron chi connectivity index (χ1n) is 4.94. The minimum atomic E-state index is 0.213. The summed E-state index contributed by atoms with van der Waals surface area (Å²) >= 11 is 1.68. The zero-order valence-corrected chi connectivity index (χ0v) is 9.71. The summed E-state index contributed by atoms with van der Waals surface area (Å²) in [5.74, 6) is 0. The van der Waals surface area contributed by atoms with Crippen LogP contribution in [0.25, 0.3) is 0 Å². The molecule has 1 N–H and O–H groups in total. The van der Waals surface area contributed by atoms with E-state index < -0.39 is 0 Å². The Labute approximate surface area is 94.0 Å². The summed E-state index contributed by atoms with van der Waals surface area (Å²) in [6.45, 7) is 2.11. The standard InChI is InChI=1S/C12H14N2S/c1-9-4-3-5-10(8-9)11(13-2)12-14-6-7-15-12/h3-8,11,13H,1-2H3. The second-order valence-corrected chi connectivity index (χ2v) is 4.43. The van der Waals surface area contributed by atoms with Crippen molar-refractivity contribution in [2.45, 2.75) is 13.0 Å². The smallest absolute Gasteiger partial charge is 0.114 e. The highest BCUT2D eigenvalue weighted by Crippen LogP contribution is 2.23. The highest BCUT2D eigenvalue weighted by atomic mass is 32.1. The summed E-state index contributed by atoms with van der Waals surface area (Å²) in [7, 11) is 1.97. The molecule has 1 heterocycles. The molecule has 3 heteroatoms. The number of nitrogens with one attached hydrogen (secondary N) is 1. The number of rotatable bonds is 3. The fourth-order valence-electron chi connectivity index (χ4n) is 1.66. The molecule has 78 valence electrons. The van der Waals surface area contributed by atoms with Gasteiger partial charge in [-0.2, -0.15) is 0 Å². The lowest BCUT2D eigenvalue weighted by atomic mass is 10.1. The molecule has 0 aliphatic rings. The van der Waals surface area contributed by atoms with Crippen molar-refractivity contribution in [2.24, 2.45) is 0 Å². The van der Waals surface area contributed by atoms with E-state index in [0.717, 1.165) is 5.01 Å². The molecule has 1 unspecified atom stereocenters. The molecule has 1 aromatic heterocycles. The quantitative estimate of drug-likeness (QED) is 0.857. The summed E-state index contributed by atoms with van der Waals surface area (Å²) < 4.78 is 0. The number of benzene rings is 1. The number of thiazole rings is 1. The first-order valence-corrected chi connectivity index (χ1v) is 5.82. The van der Waals surface area contributed by atoms with E-state index in [1.54, 1.807) is 11.3 Å². The van der Waals surface area contributed by atoms with Crippen LogP contribution in [0.5, 0.6) is 0 Å². The van der Waals surface area contributed by atoms with E-state index in [-0.39, 0.29) is 6.04 Å². The topological polar surface area (TPSA) is 24.9 Å². The molecule has 0 amide bonds. The number of nitrogens with zero attached hydrogens (tertiary/aromatic N) is 1. The lowest BCUT2D eigenvalue weighted by molar-refractivity contribution is 0.686. The lowest BCUT2D eigenvalue weighted by Gasteiger charge is -2.14. The molecule has 1 atom stereocenters. The van der Waals surface area contributed by atoms with Crippen LogP contribution < -0.4 is 5.32 Å². The monoisotopic (exact) mass is 218 g/mol. The van der Waals surface area contributed by atoms with Gasteiger partial charge in [-0.1, -0.05) is 29.8 Å². The number of hydrogen-bond donors (Lipinski definition) is 1. The third kappa shape index (κ3) is 2.25. The summed E-state index contributed by atoms with van der Waals surface area (Å²) in [5, 5.41) is 6.42. The average molecular weight is 218 g/mol. The first-order chi connectivity index (χ1) is 7.31. The molecule has 0 saturated heterocycles. The van der Waals surface area contributed by atoms with Crippen molar-refractivity contribution in [3.05, 3.63) is 52.0 Å². The molecule has 0 bridgehead atoms. The van der Waals surface area contributed by atoms with Crippen molar-refractivity contribution < 1.29 is 0 Å². The van der Waals surface area contributed by atoms with Gasteiger partial charge in [-0.05, 0) is 19.5 Å². The molecule has 0 spiro atoms. The van der Waals surface area contributed by atoms with E-state index >= 15 is 0 Å². The van der Waals surface area contributed by atoms with Crippen LogP contribution in [0.1, 0.15) is 22.2 Å². The third-order valence-corrected chi connectivity index (χ3v) is 3.20. The molecule has 2 rings (SSSR count). The molecule has 0 saturated carbocycles. The Bertz CT molecular complexity index is 423. The maximum atomic E-state index is 4.35. The summed E-state index contributed by atoms with van der Waals surface area (Å²) in [5.41, 5.74) is 2.55. The van der Waals surface area contributed by atoms with Gasteiger partial charge in [0.15, 0.2) is 0 Å². The molecule has 0 aliphatic heterocycles. The van der Waals surface area contributed by atoms with Crippen LogP contribution in [0, 0.1) is 6.92 Å². The van der Waals surface area contributed by atoms with Crippen LogP contribution in [-0.2, 0) is 0 Å². The first kappa shape index (κ1) is 10.3. The Kier molecular flexibility index (Phi) is 3.14. The van der Waals surface area contributed by atoms with Crippen LogP contribution in [-0.4, -0.2) is 12.0 Å². The summed E-state index contributed by atoms with van der Waals surface area (Å²) in [6.07, 6.45) is 1.85. The third-order valence-electron chi connectivity index (χ3n) is 2.36. The average Bonchev–Trinajstić information content (AvgIpc) is 2.72. The normalized spacial score (nSPS) is 12.7. The highest BCUT2D eigenvalue weighted by Gasteiger charge is 2.13. The predicted octanol–water partition coefficient (Wildman–Crippen LogP) is 2.76. The molecule has 2 nitrogen and oxygen atoms in total. The van der Waals surface area contributed by atoms with Gasteiger partial charge in [0.25, 0.3) is 0 Å². The Balaban J connectivity index is 2.35. The molecule has 2 aromatic rings. The van der Waals surface area contributed by atoms with Crippen molar-refractivity contribution in [3.8, 4) is 0 Å². The van der Waals surface area contributed by atoms with Crippen molar-refractivity contribution in [1.82, 2.24) is 10.3 Å². The summed E-state index contributed by atoms with van der Waals surface area (Å²) in [6, 6.07) is 8.74. The van der Waals surface area contributed by atoms with Gasteiger partial charge in [-0.3, -0.25) is 0 Å². The van der Waals surface area contributed by atoms with E-state index in [9.17, 15) is 0 Å². The summed E-state index contributed by atoms with van der Waals surface area (Å²) in [4.78, 5) is 4.35. The number of hydrogen-bond acceptors (Lipinski definition) is 3. The SMILES string of the molecule is CNC(c1cccc(C)c1)c1nccs1. The van der Waals surface area contributed by atoms with Crippen LogP contribution in [0.4, 0.5) is 0 Å². The van der Waals surface area contributed by atoms with Gasteiger partial charge in [0.2, 0.25) is 0 Å². The molecule has 1 aromatic carbocycles. The molecule has 0 fully saturated rings. The molecular formula is C12H14N2S. The van der Waals surface area contributed by atoms with Crippen LogP contribution >= 0.6 is 11.3 Å². The molecule has 15 heavy (non-hydrogen) atoms. The van der Waals surface area contributed by atoms with Crippen LogP contribution in [0.3, 0.4) is 0 Å². The molecule has 0 aliphatic carbocycles. The minimum Gasteiger partial charge on any atom is -0.307 e. The van der Waals surface area contributed by atoms with Gasteiger partial charge >= 0.3 is 0 Å². The van der Waals surface area contributed by atoms with E-state index in [4.69, 9.17) is 0 Å². The minimum absolute atomic E-state index is 0.213. The van der Waals surface area contributed by atoms with Gasteiger partial charge < -0.3 is 5.32 Å². The van der Waals surface area contributed by atoms with E-state index in [0.29, 0.717) is 0 Å². The molecular weight excluding hydrogens is 204 g/mol. The highest BCUT2D eigenvalue weighted by molar-refractivity contribution is 7.09. The second-order valence-electron chi connectivity index (χ2n) is 3.51. The van der Waals surface area contributed by atoms with E-state index in [1.165, 1.54) is 11.1 Å². The fraction of sp³-hybridized carbons (Fsp3) is 0.250. The van der Waals surface area contributed by atoms with Gasteiger partial charge in [0.05, 0.1) is 6.04 Å². The Morgan fingerprint density at radius 3 is 2.87 bits per heavy atom. The van der Waals surface area contributed by atoms with Crippen LogP contribution in [0.2, 0.25) is 0 Å². The second kappa shape index (κ2) is 4.55. The largest absolute Gasteiger partial charge is 0.307 e. The maximum absolute atomic E-state index is 4.35. The van der Waals surface area contributed by atoms with Gasteiger partial charge in [0, 0.05) is 11.6 Å². The van der Waals surface area contributed by atoms with Crippen LogP contribution in [0.15, 0.2) is 35.8 Å². The number of aryl methyl sites for hydroxylation is 1. The van der Waals surface area contributed by atoms with Crippen molar-refractivity contribution in [2.75, 3.05) is 7.05 Å². The van der Waals surface area contributed by atoms with E-state index in [1.807, 2.05) is 18.6 Å². The van der Waals surface area contributed by atoms with Crippen molar-refractivity contribution in [3.63, 3.8) is 0 Å². The van der Waals surface area contributed by atoms with Crippen molar-refractivity contribution >= 4 is 11.3 Å². The van der Waals surface area contributed by atoms with Crippen molar-refractivity contribution in [1.29, 1.82) is 0 Å². The van der Waals surface area contributed by atoms with E-state index in [2.05, 4.69) is 41.5 Å².